The minimum absolute atomic E-state index is 0.167. The smallest absolute Gasteiger partial charge is 0.247 e. The highest BCUT2D eigenvalue weighted by molar-refractivity contribution is 5.86. The van der Waals surface area contributed by atoms with Gasteiger partial charge in [0.15, 0.2) is 0 Å². The van der Waals surface area contributed by atoms with Crippen molar-refractivity contribution < 1.29 is 9.53 Å². The molecule has 0 aliphatic rings. The predicted octanol–water partition coefficient (Wildman–Crippen LogP) is 2.60. The molecule has 0 bridgehead atoms. The number of amides is 1. The molecule has 0 saturated heterocycles. The lowest BCUT2D eigenvalue weighted by molar-refractivity contribution is -0.121. The molecule has 2 rings (SSSR count). The highest BCUT2D eigenvalue weighted by Gasteiger charge is 2.19. The normalized spacial score (nSPS) is 11.1. The minimum Gasteiger partial charge on any atom is -0.497 e. The van der Waals surface area contributed by atoms with Crippen LogP contribution in [0.5, 0.6) is 5.75 Å². The molecule has 2 aromatic rings. The van der Waals surface area contributed by atoms with Crippen molar-refractivity contribution >= 4 is 11.6 Å². The molecule has 0 unspecified atom stereocenters. The van der Waals surface area contributed by atoms with Gasteiger partial charge in [-0.25, -0.2) is 0 Å². The molecule has 22 heavy (non-hydrogen) atoms. The standard InChI is InChI=1S/C18H18N2O2/c1-3-13-19-18(21)17(14-7-5-4-6-8-14)20-15-9-11-16(22-2)12-10-15/h1,4-12,17,20H,13H2,2H3,(H,19,21)/t17-/m1/s1. The first-order valence-corrected chi connectivity index (χ1v) is 6.91. The second-order valence-electron chi connectivity index (χ2n) is 4.64. The molecule has 4 nitrogen and oxygen atoms in total. The monoisotopic (exact) mass is 294 g/mol. The maximum atomic E-state index is 12.3. The summed E-state index contributed by atoms with van der Waals surface area (Å²) >= 11 is 0. The molecule has 0 heterocycles. The molecular formula is C18H18N2O2. The van der Waals surface area contributed by atoms with E-state index in [1.165, 1.54) is 0 Å². The molecule has 0 spiro atoms. The topological polar surface area (TPSA) is 50.4 Å². The van der Waals surface area contributed by atoms with E-state index in [0.717, 1.165) is 17.0 Å². The maximum absolute atomic E-state index is 12.3. The molecule has 0 saturated carbocycles. The molecule has 0 fully saturated rings. The Morgan fingerprint density at radius 2 is 1.86 bits per heavy atom. The van der Waals surface area contributed by atoms with E-state index in [-0.39, 0.29) is 12.5 Å². The summed E-state index contributed by atoms with van der Waals surface area (Å²) in [5, 5.41) is 5.93. The third-order valence-corrected chi connectivity index (χ3v) is 3.16. The zero-order valence-corrected chi connectivity index (χ0v) is 12.4. The zero-order valence-electron chi connectivity index (χ0n) is 12.4. The van der Waals surface area contributed by atoms with Crippen LogP contribution >= 0.6 is 0 Å². The third kappa shape index (κ3) is 4.03. The number of rotatable bonds is 6. The summed E-state index contributed by atoms with van der Waals surface area (Å²) in [7, 11) is 1.61. The Hall–Kier alpha value is -2.93. The van der Waals surface area contributed by atoms with E-state index in [0.29, 0.717) is 0 Å². The van der Waals surface area contributed by atoms with Crippen molar-refractivity contribution in [1.82, 2.24) is 5.32 Å². The van der Waals surface area contributed by atoms with Crippen LogP contribution in [0.1, 0.15) is 11.6 Å². The Balaban J connectivity index is 2.20. The van der Waals surface area contributed by atoms with E-state index >= 15 is 0 Å². The minimum atomic E-state index is -0.511. The molecule has 1 atom stereocenters. The molecule has 4 heteroatoms. The highest BCUT2D eigenvalue weighted by atomic mass is 16.5. The Kier molecular flexibility index (Phi) is 5.44. The molecule has 0 aliphatic carbocycles. The Bertz CT molecular complexity index is 645. The molecule has 0 aromatic heterocycles. The zero-order chi connectivity index (χ0) is 15.8. The van der Waals surface area contributed by atoms with Crippen LogP contribution in [-0.4, -0.2) is 19.6 Å². The van der Waals surface area contributed by atoms with Crippen LogP contribution in [0.25, 0.3) is 0 Å². The van der Waals surface area contributed by atoms with Crippen LogP contribution in [-0.2, 0) is 4.79 Å². The van der Waals surface area contributed by atoms with Gasteiger partial charge in [-0.1, -0.05) is 36.3 Å². The SMILES string of the molecule is C#CCNC(=O)[C@H](Nc1ccc(OC)cc1)c1ccccc1. The number of carbonyl (C=O) groups excluding carboxylic acids is 1. The van der Waals surface area contributed by atoms with Crippen molar-refractivity contribution in [3.8, 4) is 18.1 Å². The van der Waals surface area contributed by atoms with Gasteiger partial charge in [0.1, 0.15) is 11.8 Å². The lowest BCUT2D eigenvalue weighted by Crippen LogP contribution is -2.33. The molecule has 0 radical (unpaired) electrons. The predicted molar refractivity (Wildman–Crippen MR) is 87.6 cm³/mol. The lowest BCUT2D eigenvalue weighted by Gasteiger charge is -2.19. The Labute approximate surface area is 130 Å². The van der Waals surface area contributed by atoms with Crippen LogP contribution in [0.3, 0.4) is 0 Å². The number of terminal acetylenes is 1. The first kappa shape index (κ1) is 15.5. The van der Waals surface area contributed by atoms with Crippen molar-refractivity contribution in [2.75, 3.05) is 19.0 Å². The van der Waals surface area contributed by atoms with Crippen LogP contribution < -0.4 is 15.4 Å². The number of ether oxygens (including phenoxy) is 1. The van der Waals surface area contributed by atoms with Gasteiger partial charge in [0.05, 0.1) is 13.7 Å². The van der Waals surface area contributed by atoms with Gasteiger partial charge in [-0.05, 0) is 29.8 Å². The Morgan fingerprint density at radius 3 is 2.45 bits per heavy atom. The van der Waals surface area contributed by atoms with Crippen molar-refractivity contribution in [2.24, 2.45) is 0 Å². The summed E-state index contributed by atoms with van der Waals surface area (Å²) in [6.45, 7) is 0.201. The maximum Gasteiger partial charge on any atom is 0.247 e. The second-order valence-corrected chi connectivity index (χ2v) is 4.64. The van der Waals surface area contributed by atoms with Gasteiger partial charge < -0.3 is 15.4 Å². The van der Waals surface area contributed by atoms with Crippen LogP contribution in [0, 0.1) is 12.3 Å². The van der Waals surface area contributed by atoms with Gasteiger partial charge in [0.2, 0.25) is 5.91 Å². The van der Waals surface area contributed by atoms with Crippen LogP contribution in [0.15, 0.2) is 54.6 Å². The molecule has 0 aliphatic heterocycles. The van der Waals surface area contributed by atoms with E-state index in [1.807, 2.05) is 54.6 Å². The van der Waals surface area contributed by atoms with E-state index in [4.69, 9.17) is 11.2 Å². The number of hydrogen-bond acceptors (Lipinski definition) is 3. The number of anilines is 1. The van der Waals surface area contributed by atoms with Crippen LogP contribution in [0.2, 0.25) is 0 Å². The number of benzene rings is 2. The summed E-state index contributed by atoms with van der Waals surface area (Å²) in [4.78, 5) is 12.3. The largest absolute Gasteiger partial charge is 0.497 e. The van der Waals surface area contributed by atoms with Crippen molar-refractivity contribution in [3.05, 3.63) is 60.2 Å². The fourth-order valence-corrected chi connectivity index (χ4v) is 2.04. The number of methoxy groups -OCH3 is 1. The first-order chi connectivity index (χ1) is 10.7. The summed E-state index contributed by atoms with van der Waals surface area (Å²) in [5.41, 5.74) is 1.69. The molecule has 2 N–H and O–H groups in total. The van der Waals surface area contributed by atoms with Gasteiger partial charge in [0, 0.05) is 5.69 Å². The molecular weight excluding hydrogens is 276 g/mol. The summed E-state index contributed by atoms with van der Waals surface area (Å²) < 4.78 is 5.13. The molecule has 112 valence electrons. The fourth-order valence-electron chi connectivity index (χ4n) is 2.04. The summed E-state index contributed by atoms with van der Waals surface area (Å²) in [6.07, 6.45) is 5.20. The lowest BCUT2D eigenvalue weighted by atomic mass is 10.1. The summed E-state index contributed by atoms with van der Waals surface area (Å²) in [5.74, 6) is 3.00. The average molecular weight is 294 g/mol. The number of nitrogens with one attached hydrogen (secondary N) is 2. The van der Waals surface area contributed by atoms with E-state index in [2.05, 4.69) is 16.6 Å². The van der Waals surface area contributed by atoms with Gasteiger partial charge in [0.25, 0.3) is 0 Å². The quantitative estimate of drug-likeness (QED) is 0.805. The van der Waals surface area contributed by atoms with Crippen molar-refractivity contribution in [2.45, 2.75) is 6.04 Å². The van der Waals surface area contributed by atoms with Crippen molar-refractivity contribution in [3.63, 3.8) is 0 Å². The fraction of sp³-hybridized carbons (Fsp3) is 0.167. The van der Waals surface area contributed by atoms with E-state index in [9.17, 15) is 4.79 Å². The number of carbonyl (C=O) groups is 1. The van der Waals surface area contributed by atoms with Gasteiger partial charge in [-0.3, -0.25) is 4.79 Å². The Morgan fingerprint density at radius 1 is 1.18 bits per heavy atom. The van der Waals surface area contributed by atoms with Gasteiger partial charge in [-0.2, -0.15) is 0 Å². The first-order valence-electron chi connectivity index (χ1n) is 6.91. The number of hydrogen-bond donors (Lipinski definition) is 2. The summed E-state index contributed by atoms with van der Waals surface area (Å²) in [6, 6.07) is 16.4. The van der Waals surface area contributed by atoms with Gasteiger partial charge >= 0.3 is 0 Å². The highest BCUT2D eigenvalue weighted by Crippen LogP contribution is 2.22. The average Bonchev–Trinajstić information content (AvgIpc) is 2.59. The van der Waals surface area contributed by atoms with Crippen molar-refractivity contribution in [1.29, 1.82) is 0 Å². The van der Waals surface area contributed by atoms with Crippen LogP contribution in [0.4, 0.5) is 5.69 Å². The van der Waals surface area contributed by atoms with E-state index < -0.39 is 6.04 Å². The second kappa shape index (κ2) is 7.75. The van der Waals surface area contributed by atoms with E-state index in [1.54, 1.807) is 7.11 Å². The van der Waals surface area contributed by atoms with Gasteiger partial charge in [-0.15, -0.1) is 6.42 Å². The third-order valence-electron chi connectivity index (χ3n) is 3.16. The molecule has 1 amide bonds. The molecule has 2 aromatic carbocycles.